The number of nitrogens with one attached hydrogen (secondary N) is 1. The van der Waals surface area contributed by atoms with Crippen LogP contribution in [0.15, 0.2) is 35.7 Å². The lowest BCUT2D eigenvalue weighted by molar-refractivity contribution is 0.0240. The maximum atomic E-state index is 12.9. The van der Waals surface area contributed by atoms with E-state index >= 15 is 0 Å². The Hall–Kier alpha value is -1.85. The molecule has 2 aliphatic rings. The number of benzene rings is 1. The summed E-state index contributed by atoms with van der Waals surface area (Å²) < 4.78 is 29.0. The number of imidazole rings is 1. The van der Waals surface area contributed by atoms with E-state index < -0.39 is 10.0 Å². The van der Waals surface area contributed by atoms with Crippen LogP contribution in [-0.2, 0) is 17.1 Å². The number of hydrogen-bond acceptors (Lipinski definition) is 6. The fourth-order valence-electron chi connectivity index (χ4n) is 4.99. The van der Waals surface area contributed by atoms with Crippen molar-refractivity contribution in [1.29, 1.82) is 0 Å². The Morgan fingerprint density at radius 1 is 1.18 bits per heavy atom. The molecule has 1 aromatic carbocycles. The van der Waals surface area contributed by atoms with Crippen LogP contribution >= 0.6 is 24.0 Å². The number of amides is 1. The quantitative estimate of drug-likeness (QED) is 0.554. The lowest BCUT2D eigenvalue weighted by atomic mass is 9.79. The first-order valence-corrected chi connectivity index (χ1v) is 13.1. The van der Waals surface area contributed by atoms with Crippen molar-refractivity contribution in [2.24, 2.45) is 7.05 Å². The van der Waals surface area contributed by atoms with Gasteiger partial charge in [0.05, 0.1) is 16.9 Å². The van der Waals surface area contributed by atoms with Gasteiger partial charge in [0.2, 0.25) is 0 Å². The van der Waals surface area contributed by atoms with E-state index in [2.05, 4.69) is 15.2 Å². The molecule has 3 N–H and O–H groups in total. The zero-order chi connectivity index (χ0) is 23.6. The Morgan fingerprint density at radius 3 is 2.44 bits per heavy atom. The van der Waals surface area contributed by atoms with Crippen molar-refractivity contribution in [2.75, 3.05) is 38.5 Å². The standard InChI is InChI=1S/C22H31ClN6O3S.ClH/c1-27-14-19(26-16-27)33(31,32)29-12-10-28(11-13-29)22(8-3-2-4-9-22)15-25-21(30)20-17(23)6-5-7-18(20)24;/h5-7,14,16H,2-4,8-13,15,24H2,1H3,(H,25,30);1H. The highest BCUT2D eigenvalue weighted by Crippen LogP contribution is 2.35. The number of rotatable bonds is 6. The Bertz CT molecular complexity index is 1090. The molecule has 1 aliphatic heterocycles. The minimum atomic E-state index is -3.61. The summed E-state index contributed by atoms with van der Waals surface area (Å²) in [6.45, 7) is 2.48. The molecule has 12 heteroatoms. The first kappa shape index (κ1) is 26.7. The molecule has 0 radical (unpaired) electrons. The molecule has 1 aliphatic carbocycles. The number of aromatic nitrogens is 2. The molecular formula is C22H32Cl2N6O3S. The summed E-state index contributed by atoms with van der Waals surface area (Å²) in [5, 5.41) is 3.48. The van der Waals surface area contributed by atoms with Crippen LogP contribution in [0.1, 0.15) is 42.5 Å². The van der Waals surface area contributed by atoms with E-state index in [-0.39, 0.29) is 28.9 Å². The molecule has 4 rings (SSSR count). The first-order chi connectivity index (χ1) is 15.7. The van der Waals surface area contributed by atoms with Crippen molar-refractivity contribution >= 4 is 45.6 Å². The molecule has 1 saturated heterocycles. The van der Waals surface area contributed by atoms with Crippen LogP contribution in [0, 0.1) is 0 Å². The molecule has 188 valence electrons. The van der Waals surface area contributed by atoms with E-state index in [9.17, 15) is 13.2 Å². The summed E-state index contributed by atoms with van der Waals surface area (Å²) in [7, 11) is -1.86. The number of nitrogens with two attached hydrogens (primary N) is 1. The number of nitrogens with zero attached hydrogens (tertiary/aromatic N) is 4. The molecule has 1 amide bonds. The number of carbonyl (C=O) groups is 1. The molecule has 9 nitrogen and oxygen atoms in total. The number of sulfonamides is 1. The van der Waals surface area contributed by atoms with Crippen molar-refractivity contribution in [3.05, 3.63) is 41.3 Å². The highest BCUT2D eigenvalue weighted by Gasteiger charge is 2.41. The van der Waals surface area contributed by atoms with E-state index in [1.807, 2.05) is 0 Å². The van der Waals surface area contributed by atoms with Gasteiger partial charge in [0.15, 0.2) is 5.03 Å². The van der Waals surface area contributed by atoms with Crippen LogP contribution in [0.5, 0.6) is 0 Å². The lowest BCUT2D eigenvalue weighted by Crippen LogP contribution is -2.62. The second kappa shape index (κ2) is 10.8. The zero-order valence-electron chi connectivity index (χ0n) is 19.2. The van der Waals surface area contributed by atoms with Gasteiger partial charge < -0.3 is 15.6 Å². The van der Waals surface area contributed by atoms with Crippen LogP contribution < -0.4 is 11.1 Å². The number of piperazine rings is 1. The number of nitrogen functional groups attached to an aromatic ring is 1. The van der Waals surface area contributed by atoms with Gasteiger partial charge in [-0.05, 0) is 25.0 Å². The third kappa shape index (κ3) is 5.36. The molecule has 0 spiro atoms. The monoisotopic (exact) mass is 530 g/mol. The van der Waals surface area contributed by atoms with Gasteiger partial charge >= 0.3 is 0 Å². The molecule has 34 heavy (non-hydrogen) atoms. The molecule has 0 bridgehead atoms. The Kier molecular flexibility index (Phi) is 8.51. The van der Waals surface area contributed by atoms with Gasteiger partial charge in [0.1, 0.15) is 0 Å². The number of anilines is 1. The second-order valence-corrected chi connectivity index (χ2v) is 11.2. The van der Waals surface area contributed by atoms with E-state index in [4.69, 9.17) is 17.3 Å². The largest absolute Gasteiger partial charge is 0.398 e. The van der Waals surface area contributed by atoms with Gasteiger partial charge in [-0.3, -0.25) is 9.69 Å². The van der Waals surface area contributed by atoms with Gasteiger partial charge in [-0.25, -0.2) is 13.4 Å². The fourth-order valence-corrected chi connectivity index (χ4v) is 6.64. The lowest BCUT2D eigenvalue weighted by Gasteiger charge is -2.49. The molecule has 1 saturated carbocycles. The van der Waals surface area contributed by atoms with Crippen LogP contribution in [0.25, 0.3) is 0 Å². The smallest absolute Gasteiger partial charge is 0.262 e. The minimum absolute atomic E-state index is 0. The highest BCUT2D eigenvalue weighted by atomic mass is 35.5. The third-order valence-electron chi connectivity index (χ3n) is 6.83. The maximum Gasteiger partial charge on any atom is 0.262 e. The Balaban J connectivity index is 0.00000324. The summed E-state index contributed by atoms with van der Waals surface area (Å²) >= 11 is 6.22. The van der Waals surface area contributed by atoms with Crippen molar-refractivity contribution in [3.63, 3.8) is 0 Å². The van der Waals surface area contributed by atoms with Crippen LogP contribution in [0.2, 0.25) is 5.02 Å². The number of aryl methyl sites for hydroxylation is 1. The van der Waals surface area contributed by atoms with E-state index in [0.717, 1.165) is 25.7 Å². The van der Waals surface area contributed by atoms with Crippen molar-refractivity contribution in [1.82, 2.24) is 24.1 Å². The Labute approximate surface area is 212 Å². The normalized spacial score (nSPS) is 19.4. The highest BCUT2D eigenvalue weighted by molar-refractivity contribution is 7.89. The number of hydrogen-bond donors (Lipinski definition) is 2. The molecule has 0 unspecified atom stereocenters. The van der Waals surface area contributed by atoms with Crippen LogP contribution in [0.3, 0.4) is 0 Å². The predicted octanol–water partition coefficient (Wildman–Crippen LogP) is 2.52. The topological polar surface area (TPSA) is 114 Å². The maximum absolute atomic E-state index is 12.9. The van der Waals surface area contributed by atoms with Gasteiger partial charge in [0.25, 0.3) is 15.9 Å². The predicted molar refractivity (Wildman–Crippen MR) is 135 cm³/mol. The van der Waals surface area contributed by atoms with Gasteiger partial charge in [-0.1, -0.05) is 36.9 Å². The summed E-state index contributed by atoms with van der Waals surface area (Å²) in [5.41, 5.74) is 6.44. The molecule has 0 atom stereocenters. The fraction of sp³-hybridized carbons (Fsp3) is 0.545. The summed E-state index contributed by atoms with van der Waals surface area (Å²) in [6, 6.07) is 5.04. The summed E-state index contributed by atoms with van der Waals surface area (Å²) in [6.07, 6.45) is 8.26. The Morgan fingerprint density at radius 2 is 1.85 bits per heavy atom. The minimum Gasteiger partial charge on any atom is -0.398 e. The molecule has 2 heterocycles. The first-order valence-electron chi connectivity index (χ1n) is 11.3. The summed E-state index contributed by atoms with van der Waals surface area (Å²) in [4.78, 5) is 19.3. The average molecular weight is 532 g/mol. The summed E-state index contributed by atoms with van der Waals surface area (Å²) in [5.74, 6) is -0.278. The zero-order valence-corrected chi connectivity index (χ0v) is 21.6. The molecule has 2 aromatic rings. The van der Waals surface area contributed by atoms with Gasteiger partial charge in [-0.2, -0.15) is 4.31 Å². The number of carbonyl (C=O) groups excluding carboxylic acids is 1. The molecule has 1 aromatic heterocycles. The van der Waals surface area contributed by atoms with Crippen molar-refractivity contribution in [2.45, 2.75) is 42.7 Å². The SMILES string of the molecule is Cl.Cn1cnc(S(=O)(=O)N2CCN(C3(CNC(=O)c4c(N)cccc4Cl)CCCCC3)CC2)c1. The van der Waals surface area contributed by atoms with Crippen LogP contribution in [-0.4, -0.2) is 71.3 Å². The molecule has 2 fully saturated rings. The number of halogens is 2. The van der Waals surface area contributed by atoms with E-state index in [1.165, 1.54) is 23.3 Å². The average Bonchev–Trinajstić information content (AvgIpc) is 3.25. The van der Waals surface area contributed by atoms with Crippen LogP contribution in [0.4, 0.5) is 5.69 Å². The van der Waals surface area contributed by atoms with Gasteiger partial charge in [0, 0.05) is 57.2 Å². The van der Waals surface area contributed by atoms with Crippen molar-refractivity contribution in [3.8, 4) is 0 Å². The van der Waals surface area contributed by atoms with Crippen molar-refractivity contribution < 1.29 is 13.2 Å². The second-order valence-electron chi connectivity index (χ2n) is 8.94. The molecular weight excluding hydrogens is 499 g/mol. The third-order valence-corrected chi connectivity index (χ3v) is 8.93. The van der Waals surface area contributed by atoms with E-state index in [0.29, 0.717) is 49.0 Å². The van der Waals surface area contributed by atoms with Gasteiger partial charge in [-0.15, -0.1) is 12.4 Å². The van der Waals surface area contributed by atoms with E-state index in [1.54, 1.807) is 29.8 Å².